The van der Waals surface area contributed by atoms with Crippen LogP contribution in [-0.4, -0.2) is 12.6 Å². The average Bonchev–Trinajstić information content (AvgIpc) is 3.01. The Morgan fingerprint density at radius 1 is 1.04 bits per heavy atom. The first kappa shape index (κ1) is 17.3. The first-order chi connectivity index (χ1) is 12.0. The number of rotatable bonds is 4. The predicted octanol–water partition coefficient (Wildman–Crippen LogP) is 4.80. The molecule has 0 N–H and O–H groups in total. The molecule has 0 amide bonds. The fraction of sp³-hybridized carbons (Fsp3) is 0.318. The molecule has 0 spiro atoms. The Morgan fingerprint density at radius 3 is 2.04 bits per heavy atom. The van der Waals surface area contributed by atoms with Crippen LogP contribution in [0.5, 0.6) is 0 Å². The van der Waals surface area contributed by atoms with Gasteiger partial charge in [-0.1, -0.05) is 59.7 Å². The Balaban J connectivity index is 2.01. The highest BCUT2D eigenvalue weighted by molar-refractivity contribution is 5.82. The highest BCUT2D eigenvalue weighted by Gasteiger charge is 2.42. The van der Waals surface area contributed by atoms with E-state index in [1.165, 1.54) is 17.2 Å². The fourth-order valence-electron chi connectivity index (χ4n) is 3.26. The molecule has 2 aromatic rings. The molecule has 1 aliphatic heterocycles. The molecule has 0 aromatic heterocycles. The Kier molecular flexibility index (Phi) is 4.93. The number of allylic oxidation sites excluding steroid dienone is 1. The molecule has 25 heavy (non-hydrogen) atoms. The summed E-state index contributed by atoms with van der Waals surface area (Å²) in [6.07, 6.45) is 2.98. The Hall–Kier alpha value is -2.55. The van der Waals surface area contributed by atoms with Crippen molar-refractivity contribution >= 4 is 5.97 Å². The molecule has 0 atom stereocenters. The van der Waals surface area contributed by atoms with E-state index in [1.54, 1.807) is 6.92 Å². The maximum atomic E-state index is 11.8. The summed E-state index contributed by atoms with van der Waals surface area (Å²) >= 11 is 0. The van der Waals surface area contributed by atoms with Crippen molar-refractivity contribution in [3.8, 4) is 0 Å². The molecule has 0 aliphatic carbocycles. The van der Waals surface area contributed by atoms with Crippen molar-refractivity contribution in [3.63, 3.8) is 0 Å². The van der Waals surface area contributed by atoms with Crippen LogP contribution in [0.3, 0.4) is 0 Å². The van der Waals surface area contributed by atoms with Gasteiger partial charge in [0, 0.05) is 12.8 Å². The van der Waals surface area contributed by atoms with Gasteiger partial charge in [-0.05, 0) is 31.9 Å². The summed E-state index contributed by atoms with van der Waals surface area (Å²) in [5, 5.41) is 0. The maximum Gasteiger partial charge on any atom is 0.334 e. The SMILES string of the molecule is CCOC(=O)/C=C1\CCC(c2ccc(C)cc2)(c2ccc(C)cc2)O1. The van der Waals surface area contributed by atoms with Gasteiger partial charge in [0.25, 0.3) is 0 Å². The van der Waals surface area contributed by atoms with Crippen molar-refractivity contribution in [2.75, 3.05) is 6.61 Å². The third-order valence-electron chi connectivity index (χ3n) is 4.63. The quantitative estimate of drug-likeness (QED) is 0.594. The number of hydrogen-bond acceptors (Lipinski definition) is 3. The van der Waals surface area contributed by atoms with Crippen LogP contribution in [0.25, 0.3) is 0 Å². The molecule has 3 heteroatoms. The lowest BCUT2D eigenvalue weighted by Gasteiger charge is -2.30. The molecule has 2 aromatic carbocycles. The van der Waals surface area contributed by atoms with E-state index in [4.69, 9.17) is 9.47 Å². The Morgan fingerprint density at radius 2 is 1.56 bits per heavy atom. The third kappa shape index (κ3) is 3.60. The fourth-order valence-corrected chi connectivity index (χ4v) is 3.26. The van der Waals surface area contributed by atoms with E-state index in [0.717, 1.165) is 17.5 Å². The van der Waals surface area contributed by atoms with Crippen LogP contribution in [0.15, 0.2) is 60.4 Å². The van der Waals surface area contributed by atoms with Gasteiger partial charge in [-0.2, -0.15) is 0 Å². The second-order valence-electron chi connectivity index (χ2n) is 6.52. The highest BCUT2D eigenvalue weighted by Crippen LogP contribution is 2.46. The molecule has 0 saturated carbocycles. The molecule has 1 saturated heterocycles. The van der Waals surface area contributed by atoms with Gasteiger partial charge in [0.2, 0.25) is 0 Å². The molecule has 1 fully saturated rings. The Bertz CT molecular complexity index is 724. The number of ether oxygens (including phenoxy) is 2. The van der Waals surface area contributed by atoms with Crippen molar-refractivity contribution in [3.05, 3.63) is 82.6 Å². The van der Waals surface area contributed by atoms with Crippen LogP contribution in [0.1, 0.15) is 42.0 Å². The zero-order valence-electron chi connectivity index (χ0n) is 15.0. The van der Waals surface area contributed by atoms with E-state index in [0.29, 0.717) is 18.8 Å². The van der Waals surface area contributed by atoms with Gasteiger partial charge >= 0.3 is 5.97 Å². The summed E-state index contributed by atoms with van der Waals surface area (Å²) in [5.74, 6) is 0.334. The van der Waals surface area contributed by atoms with Crippen molar-refractivity contribution in [1.29, 1.82) is 0 Å². The molecular weight excluding hydrogens is 312 g/mol. The number of hydrogen-bond donors (Lipinski definition) is 0. The normalized spacial score (nSPS) is 17.3. The van der Waals surface area contributed by atoms with Crippen LogP contribution in [0.2, 0.25) is 0 Å². The van der Waals surface area contributed by atoms with Crippen molar-refractivity contribution in [2.45, 2.75) is 39.2 Å². The van der Waals surface area contributed by atoms with E-state index in [9.17, 15) is 4.79 Å². The van der Waals surface area contributed by atoms with Gasteiger partial charge in [-0.15, -0.1) is 0 Å². The van der Waals surface area contributed by atoms with Crippen LogP contribution >= 0.6 is 0 Å². The summed E-state index contributed by atoms with van der Waals surface area (Å²) in [6, 6.07) is 16.8. The van der Waals surface area contributed by atoms with Crippen molar-refractivity contribution in [1.82, 2.24) is 0 Å². The maximum absolute atomic E-state index is 11.8. The van der Waals surface area contributed by atoms with E-state index in [1.807, 2.05) is 0 Å². The van der Waals surface area contributed by atoms with E-state index >= 15 is 0 Å². The lowest BCUT2D eigenvalue weighted by Crippen LogP contribution is -2.26. The van der Waals surface area contributed by atoms with E-state index in [2.05, 4.69) is 62.4 Å². The number of aryl methyl sites for hydroxylation is 2. The number of benzene rings is 2. The molecule has 3 nitrogen and oxygen atoms in total. The highest BCUT2D eigenvalue weighted by atomic mass is 16.5. The van der Waals surface area contributed by atoms with Gasteiger partial charge in [0.1, 0.15) is 5.76 Å². The van der Waals surface area contributed by atoms with Gasteiger partial charge in [-0.25, -0.2) is 4.79 Å². The van der Waals surface area contributed by atoms with Crippen LogP contribution in [0.4, 0.5) is 0 Å². The van der Waals surface area contributed by atoms with Gasteiger partial charge in [0.15, 0.2) is 5.60 Å². The summed E-state index contributed by atoms with van der Waals surface area (Å²) in [5.41, 5.74) is 4.08. The van der Waals surface area contributed by atoms with Gasteiger partial charge in [0.05, 0.1) is 12.7 Å². The molecule has 0 bridgehead atoms. The molecular formula is C22H24O3. The smallest absolute Gasteiger partial charge is 0.334 e. The zero-order valence-corrected chi connectivity index (χ0v) is 15.0. The second kappa shape index (κ2) is 7.14. The van der Waals surface area contributed by atoms with E-state index in [-0.39, 0.29) is 5.97 Å². The van der Waals surface area contributed by atoms with Gasteiger partial charge in [-0.3, -0.25) is 0 Å². The Labute approximate surface area is 149 Å². The molecule has 0 unspecified atom stereocenters. The molecule has 1 heterocycles. The van der Waals surface area contributed by atoms with Crippen molar-refractivity contribution in [2.24, 2.45) is 0 Å². The molecule has 3 rings (SSSR count). The number of esters is 1. The lowest BCUT2D eigenvalue weighted by molar-refractivity contribution is -0.137. The molecule has 130 valence electrons. The molecule has 1 aliphatic rings. The standard InChI is InChI=1S/C22H24O3/c1-4-24-21(23)15-20-13-14-22(25-20,18-9-5-16(2)6-10-18)19-11-7-17(3)8-12-19/h5-12,15H,4,13-14H2,1-3H3/b20-15+. The first-order valence-electron chi connectivity index (χ1n) is 8.74. The second-order valence-corrected chi connectivity index (χ2v) is 6.52. The number of carbonyl (C=O) groups is 1. The minimum atomic E-state index is -0.556. The van der Waals surface area contributed by atoms with Crippen LogP contribution in [-0.2, 0) is 19.9 Å². The minimum Gasteiger partial charge on any atom is -0.482 e. The summed E-state index contributed by atoms with van der Waals surface area (Å²) in [4.78, 5) is 11.8. The monoisotopic (exact) mass is 336 g/mol. The van der Waals surface area contributed by atoms with Crippen LogP contribution in [0, 0.1) is 13.8 Å². The lowest BCUT2D eigenvalue weighted by atomic mass is 9.83. The van der Waals surface area contributed by atoms with E-state index < -0.39 is 5.60 Å². The summed E-state index contributed by atoms with van der Waals surface area (Å²) < 4.78 is 11.4. The largest absolute Gasteiger partial charge is 0.482 e. The summed E-state index contributed by atoms with van der Waals surface area (Å²) in [7, 11) is 0. The predicted molar refractivity (Wildman–Crippen MR) is 98.2 cm³/mol. The third-order valence-corrected chi connectivity index (χ3v) is 4.63. The zero-order chi connectivity index (χ0) is 17.9. The first-order valence-corrected chi connectivity index (χ1v) is 8.74. The summed E-state index contributed by atoms with van der Waals surface area (Å²) in [6.45, 7) is 6.31. The number of carbonyl (C=O) groups excluding carboxylic acids is 1. The van der Waals surface area contributed by atoms with Crippen LogP contribution < -0.4 is 0 Å². The minimum absolute atomic E-state index is 0.346. The average molecular weight is 336 g/mol. The molecule has 0 radical (unpaired) electrons. The topological polar surface area (TPSA) is 35.5 Å². The van der Waals surface area contributed by atoms with Gasteiger partial charge < -0.3 is 9.47 Å². The van der Waals surface area contributed by atoms with Crippen molar-refractivity contribution < 1.29 is 14.3 Å².